The topological polar surface area (TPSA) is 12.5 Å². The molecule has 1 aromatic carbocycles. The predicted molar refractivity (Wildman–Crippen MR) is 81.2 cm³/mol. The van der Waals surface area contributed by atoms with E-state index in [4.69, 9.17) is 4.74 Å². The van der Waals surface area contributed by atoms with E-state index in [1.807, 2.05) is 0 Å². The molecule has 2 heteroatoms. The number of allylic oxidation sites excluding steroid dienone is 1. The largest absolute Gasteiger partial charge is 0.378 e. The molecular weight excluding hydrogens is 234 g/mol. The van der Waals surface area contributed by atoms with E-state index in [1.165, 1.54) is 16.8 Å². The summed E-state index contributed by atoms with van der Waals surface area (Å²) in [4.78, 5) is 2.41. The molecule has 0 aromatic heterocycles. The molecule has 0 amide bonds. The van der Waals surface area contributed by atoms with Crippen LogP contribution in [0.5, 0.6) is 0 Å². The quantitative estimate of drug-likeness (QED) is 0.803. The summed E-state index contributed by atoms with van der Waals surface area (Å²) < 4.78 is 5.43. The van der Waals surface area contributed by atoms with Gasteiger partial charge >= 0.3 is 0 Å². The zero-order valence-electron chi connectivity index (χ0n) is 12.6. The van der Waals surface area contributed by atoms with Gasteiger partial charge in [0.15, 0.2) is 0 Å². The molecule has 0 aliphatic carbocycles. The van der Waals surface area contributed by atoms with Crippen molar-refractivity contribution >= 4 is 5.70 Å². The Balaban J connectivity index is 2.20. The monoisotopic (exact) mass is 259 g/mol. The van der Waals surface area contributed by atoms with E-state index in [9.17, 15) is 0 Å². The Morgan fingerprint density at radius 2 is 1.68 bits per heavy atom. The maximum Gasteiger partial charge on any atom is 0.0642 e. The lowest BCUT2D eigenvalue weighted by molar-refractivity contribution is 0.0639. The van der Waals surface area contributed by atoms with Crippen LogP contribution in [-0.4, -0.2) is 31.2 Å². The molecule has 1 saturated heterocycles. The van der Waals surface area contributed by atoms with Crippen molar-refractivity contribution < 1.29 is 4.74 Å². The summed E-state index contributed by atoms with van der Waals surface area (Å²) in [6.45, 7) is 12.5. The molecule has 0 saturated carbocycles. The van der Waals surface area contributed by atoms with Gasteiger partial charge in [-0.25, -0.2) is 0 Å². The Kier molecular flexibility index (Phi) is 4.31. The zero-order valence-corrected chi connectivity index (χ0v) is 12.6. The van der Waals surface area contributed by atoms with Gasteiger partial charge in [-0.15, -0.1) is 0 Å². The average Bonchev–Trinajstić information content (AvgIpc) is 2.40. The highest BCUT2D eigenvalue weighted by Gasteiger charge is 2.16. The van der Waals surface area contributed by atoms with E-state index < -0.39 is 0 Å². The lowest BCUT2D eigenvalue weighted by Gasteiger charge is -2.31. The lowest BCUT2D eigenvalue weighted by Crippen LogP contribution is -2.34. The smallest absolute Gasteiger partial charge is 0.0642 e. The molecule has 2 nitrogen and oxygen atoms in total. The molecule has 0 N–H and O–H groups in total. The summed E-state index contributed by atoms with van der Waals surface area (Å²) in [5, 5.41) is 0. The van der Waals surface area contributed by atoms with E-state index >= 15 is 0 Å². The van der Waals surface area contributed by atoms with E-state index in [0.29, 0.717) is 0 Å². The van der Waals surface area contributed by atoms with Crippen LogP contribution >= 0.6 is 0 Å². The molecule has 1 heterocycles. The molecule has 19 heavy (non-hydrogen) atoms. The fourth-order valence-electron chi connectivity index (χ4n) is 2.48. The first-order valence-corrected chi connectivity index (χ1v) is 7.12. The van der Waals surface area contributed by atoms with Crippen LogP contribution in [0.15, 0.2) is 30.3 Å². The van der Waals surface area contributed by atoms with E-state index in [-0.39, 0.29) is 5.41 Å². The van der Waals surface area contributed by atoms with E-state index in [0.717, 1.165) is 26.3 Å². The second-order valence-corrected chi connectivity index (χ2v) is 6.10. The Labute approximate surface area is 117 Å². The van der Waals surface area contributed by atoms with Crippen LogP contribution in [0.1, 0.15) is 38.8 Å². The summed E-state index contributed by atoms with van der Waals surface area (Å²) in [7, 11) is 0. The molecule has 0 unspecified atom stereocenters. The molecule has 1 aliphatic heterocycles. The minimum atomic E-state index is 0.216. The molecule has 0 atom stereocenters. The van der Waals surface area contributed by atoms with Crippen molar-refractivity contribution in [3.05, 3.63) is 41.5 Å². The molecule has 0 spiro atoms. The highest BCUT2D eigenvalue weighted by molar-refractivity contribution is 5.64. The molecule has 2 rings (SSSR count). The Morgan fingerprint density at radius 1 is 1.11 bits per heavy atom. The van der Waals surface area contributed by atoms with Gasteiger partial charge in [-0.05, 0) is 23.5 Å². The Morgan fingerprint density at radius 3 is 2.16 bits per heavy atom. The van der Waals surface area contributed by atoms with Crippen molar-refractivity contribution in [3.8, 4) is 0 Å². The fraction of sp³-hybridized carbons (Fsp3) is 0.529. The highest BCUT2D eigenvalue weighted by Crippen LogP contribution is 2.26. The predicted octanol–water partition coefficient (Wildman–Crippen LogP) is 3.68. The van der Waals surface area contributed by atoms with E-state index in [2.05, 4.69) is 62.9 Å². The zero-order chi connectivity index (χ0) is 13.9. The van der Waals surface area contributed by atoms with Gasteiger partial charge in [0.05, 0.1) is 13.2 Å². The standard InChI is InChI=1S/C17H25NO/c1-5-16(18-10-12-19-13-11-18)14-6-8-15(9-7-14)17(2,3)4/h5-9H,10-13H2,1-4H3/b16-5+. The summed E-state index contributed by atoms with van der Waals surface area (Å²) in [5.74, 6) is 0. The van der Waals surface area contributed by atoms with Crippen LogP contribution < -0.4 is 0 Å². The third-order valence-electron chi connectivity index (χ3n) is 3.67. The van der Waals surface area contributed by atoms with Crippen molar-refractivity contribution in [1.82, 2.24) is 4.90 Å². The number of ether oxygens (including phenoxy) is 1. The third-order valence-corrected chi connectivity index (χ3v) is 3.67. The van der Waals surface area contributed by atoms with Crippen molar-refractivity contribution in [2.24, 2.45) is 0 Å². The number of hydrogen-bond donors (Lipinski definition) is 0. The molecule has 0 bridgehead atoms. The lowest BCUT2D eigenvalue weighted by atomic mass is 9.86. The van der Waals surface area contributed by atoms with Crippen LogP contribution in [0.3, 0.4) is 0 Å². The van der Waals surface area contributed by atoms with Crippen LogP contribution in [0, 0.1) is 0 Å². The van der Waals surface area contributed by atoms with Crippen molar-refractivity contribution in [2.45, 2.75) is 33.1 Å². The molecule has 1 aromatic rings. The van der Waals surface area contributed by atoms with Gasteiger partial charge in [-0.1, -0.05) is 51.1 Å². The maximum absolute atomic E-state index is 5.43. The number of benzene rings is 1. The molecule has 104 valence electrons. The summed E-state index contributed by atoms with van der Waals surface area (Å²) in [6.07, 6.45) is 2.21. The second kappa shape index (κ2) is 5.79. The van der Waals surface area contributed by atoms with Crippen LogP contribution in [0.2, 0.25) is 0 Å². The first kappa shape index (κ1) is 14.1. The molecule has 1 fully saturated rings. The fourth-order valence-corrected chi connectivity index (χ4v) is 2.48. The number of rotatable bonds is 2. The van der Waals surface area contributed by atoms with Crippen molar-refractivity contribution in [3.63, 3.8) is 0 Å². The van der Waals surface area contributed by atoms with Crippen molar-refractivity contribution in [1.29, 1.82) is 0 Å². The summed E-state index contributed by atoms with van der Waals surface area (Å²) >= 11 is 0. The number of hydrogen-bond acceptors (Lipinski definition) is 2. The SMILES string of the molecule is C/C=C(\c1ccc(C(C)(C)C)cc1)N1CCOCC1. The first-order valence-electron chi connectivity index (χ1n) is 7.12. The molecule has 1 aliphatic rings. The van der Waals surface area contributed by atoms with E-state index in [1.54, 1.807) is 0 Å². The highest BCUT2D eigenvalue weighted by atomic mass is 16.5. The van der Waals surface area contributed by atoms with Gasteiger partial charge in [0.25, 0.3) is 0 Å². The van der Waals surface area contributed by atoms with Crippen LogP contribution in [-0.2, 0) is 10.2 Å². The minimum Gasteiger partial charge on any atom is -0.378 e. The minimum absolute atomic E-state index is 0.216. The number of nitrogens with zero attached hydrogens (tertiary/aromatic N) is 1. The van der Waals surface area contributed by atoms with Gasteiger partial charge in [0, 0.05) is 18.8 Å². The molecule has 0 radical (unpaired) electrons. The van der Waals surface area contributed by atoms with Gasteiger partial charge in [0.1, 0.15) is 0 Å². The number of morpholine rings is 1. The average molecular weight is 259 g/mol. The van der Waals surface area contributed by atoms with Gasteiger partial charge in [-0.2, -0.15) is 0 Å². The Bertz CT molecular complexity index is 433. The third kappa shape index (κ3) is 3.38. The second-order valence-electron chi connectivity index (χ2n) is 6.10. The van der Waals surface area contributed by atoms with Gasteiger partial charge in [-0.3, -0.25) is 0 Å². The van der Waals surface area contributed by atoms with Gasteiger partial charge in [0.2, 0.25) is 0 Å². The van der Waals surface area contributed by atoms with Gasteiger partial charge < -0.3 is 9.64 Å². The van der Waals surface area contributed by atoms with Crippen molar-refractivity contribution in [2.75, 3.05) is 26.3 Å². The van der Waals surface area contributed by atoms with Crippen LogP contribution in [0.4, 0.5) is 0 Å². The normalized spacial score (nSPS) is 17.7. The summed E-state index contributed by atoms with van der Waals surface area (Å²) in [6, 6.07) is 8.98. The molecular formula is C17H25NO. The maximum atomic E-state index is 5.43. The Hall–Kier alpha value is -1.28. The first-order chi connectivity index (χ1) is 9.02. The van der Waals surface area contributed by atoms with Crippen LogP contribution in [0.25, 0.3) is 5.70 Å². The summed E-state index contributed by atoms with van der Waals surface area (Å²) in [5.41, 5.74) is 4.22.